The van der Waals surface area contributed by atoms with E-state index >= 15 is 0 Å². The monoisotopic (exact) mass is 297 g/mol. The van der Waals surface area contributed by atoms with Crippen molar-refractivity contribution in [1.82, 2.24) is 0 Å². The maximum atomic E-state index is 14.3. The van der Waals surface area contributed by atoms with Crippen LogP contribution in [0.2, 0.25) is 5.02 Å². The van der Waals surface area contributed by atoms with Gasteiger partial charge < -0.3 is 16.4 Å². The van der Waals surface area contributed by atoms with Gasteiger partial charge in [-0.1, -0.05) is 24.4 Å². The Kier molecular flexibility index (Phi) is 3.44. The van der Waals surface area contributed by atoms with Gasteiger partial charge in [-0.15, -0.1) is 0 Å². The number of hydrogen-bond donors (Lipinski definition) is 2. The summed E-state index contributed by atoms with van der Waals surface area (Å²) < 4.78 is 14.3. The lowest BCUT2D eigenvalue weighted by molar-refractivity contribution is 0.226. The Labute approximate surface area is 124 Å². The van der Waals surface area contributed by atoms with Crippen LogP contribution in [0.4, 0.5) is 21.5 Å². The minimum absolute atomic E-state index is 0.0182. The van der Waals surface area contributed by atoms with Gasteiger partial charge in [-0.3, -0.25) is 0 Å². The zero-order chi connectivity index (χ0) is 14.3. The van der Waals surface area contributed by atoms with Crippen LogP contribution in [0.5, 0.6) is 0 Å². The summed E-state index contributed by atoms with van der Waals surface area (Å²) in [5.41, 5.74) is 13.1. The van der Waals surface area contributed by atoms with E-state index < -0.39 is 5.82 Å². The van der Waals surface area contributed by atoms with Crippen LogP contribution >= 0.6 is 11.6 Å². The van der Waals surface area contributed by atoms with Crippen LogP contribution in [0, 0.1) is 11.2 Å². The number of nitrogen functional groups attached to an aromatic ring is 2. The lowest BCUT2D eigenvalue weighted by Crippen LogP contribution is -2.39. The SMILES string of the molecule is Nc1cc(N)c(N2CCC3(CCCC3)CC2)c(F)c1Cl. The van der Waals surface area contributed by atoms with Gasteiger partial charge in [0, 0.05) is 13.1 Å². The van der Waals surface area contributed by atoms with Crippen molar-refractivity contribution in [2.75, 3.05) is 29.5 Å². The molecule has 0 amide bonds. The predicted octanol–water partition coefficient (Wildman–Crippen LogP) is 3.80. The molecular weight excluding hydrogens is 277 g/mol. The molecule has 110 valence electrons. The number of nitrogens with two attached hydrogens (primary N) is 2. The maximum absolute atomic E-state index is 14.3. The third-order valence-corrected chi connectivity index (χ3v) is 5.43. The van der Waals surface area contributed by atoms with Crippen LogP contribution in [0.1, 0.15) is 38.5 Å². The van der Waals surface area contributed by atoms with E-state index in [4.69, 9.17) is 23.1 Å². The molecule has 1 aromatic rings. The molecule has 0 radical (unpaired) electrons. The van der Waals surface area contributed by atoms with Crippen LogP contribution < -0.4 is 16.4 Å². The third kappa shape index (κ3) is 2.20. The van der Waals surface area contributed by atoms with Crippen molar-refractivity contribution in [3.63, 3.8) is 0 Å². The van der Waals surface area contributed by atoms with E-state index in [0.29, 0.717) is 16.8 Å². The van der Waals surface area contributed by atoms with Crippen LogP contribution in [-0.4, -0.2) is 13.1 Å². The van der Waals surface area contributed by atoms with Gasteiger partial charge >= 0.3 is 0 Å². The van der Waals surface area contributed by atoms with Crippen LogP contribution in [0.25, 0.3) is 0 Å². The molecule has 0 bridgehead atoms. The number of nitrogens with zero attached hydrogens (tertiary/aromatic N) is 1. The fourth-order valence-corrected chi connectivity index (χ4v) is 3.95. The highest BCUT2D eigenvalue weighted by molar-refractivity contribution is 6.33. The number of halogens is 2. The Morgan fingerprint density at radius 1 is 1.05 bits per heavy atom. The van der Waals surface area contributed by atoms with E-state index in [-0.39, 0.29) is 10.7 Å². The van der Waals surface area contributed by atoms with E-state index in [0.717, 1.165) is 25.9 Å². The number of benzene rings is 1. The van der Waals surface area contributed by atoms with Crippen molar-refractivity contribution in [3.8, 4) is 0 Å². The highest BCUT2D eigenvalue weighted by Gasteiger charge is 2.37. The molecule has 2 fully saturated rings. The van der Waals surface area contributed by atoms with Gasteiger partial charge in [-0.05, 0) is 37.2 Å². The van der Waals surface area contributed by atoms with Crippen LogP contribution in [0.3, 0.4) is 0 Å². The fourth-order valence-electron chi connectivity index (χ4n) is 3.81. The zero-order valence-corrected chi connectivity index (χ0v) is 12.3. The Hall–Kier alpha value is -1.16. The lowest BCUT2D eigenvalue weighted by atomic mass is 9.77. The van der Waals surface area contributed by atoms with Crippen molar-refractivity contribution >= 4 is 28.7 Å². The largest absolute Gasteiger partial charge is 0.397 e. The fraction of sp³-hybridized carbons (Fsp3) is 0.600. The average molecular weight is 298 g/mol. The maximum Gasteiger partial charge on any atom is 0.169 e. The molecule has 1 aromatic carbocycles. The standard InChI is InChI=1S/C15H21ClFN3/c16-12-10(18)9-11(19)14(13(12)17)20-7-5-15(6-8-20)3-1-2-4-15/h9H,1-8,18-19H2. The predicted molar refractivity (Wildman–Crippen MR) is 82.6 cm³/mol. The molecule has 2 aliphatic rings. The summed E-state index contributed by atoms with van der Waals surface area (Å²) in [4.78, 5) is 2.03. The molecule has 1 aliphatic carbocycles. The van der Waals surface area contributed by atoms with Gasteiger partial charge in [0.2, 0.25) is 0 Å². The van der Waals surface area contributed by atoms with Crippen molar-refractivity contribution in [2.45, 2.75) is 38.5 Å². The van der Waals surface area contributed by atoms with Crippen LogP contribution in [-0.2, 0) is 0 Å². The topological polar surface area (TPSA) is 55.3 Å². The summed E-state index contributed by atoms with van der Waals surface area (Å²) in [5.74, 6) is -0.480. The lowest BCUT2D eigenvalue weighted by Gasteiger charge is -2.41. The van der Waals surface area contributed by atoms with E-state index in [1.165, 1.54) is 25.7 Å². The zero-order valence-electron chi connectivity index (χ0n) is 11.6. The Morgan fingerprint density at radius 3 is 2.25 bits per heavy atom. The molecule has 1 heterocycles. The van der Waals surface area contributed by atoms with E-state index in [9.17, 15) is 4.39 Å². The second-order valence-corrected chi connectivity index (χ2v) is 6.60. The summed E-state index contributed by atoms with van der Waals surface area (Å²) in [6, 6.07) is 1.56. The summed E-state index contributed by atoms with van der Waals surface area (Å²) in [5, 5.41) is -0.0182. The number of anilines is 3. The van der Waals surface area contributed by atoms with Crippen molar-refractivity contribution in [3.05, 3.63) is 16.9 Å². The molecule has 3 rings (SSSR count). The first-order valence-corrected chi connectivity index (χ1v) is 7.68. The molecule has 5 heteroatoms. The first-order valence-electron chi connectivity index (χ1n) is 7.30. The van der Waals surface area contributed by atoms with E-state index in [2.05, 4.69) is 0 Å². The third-order valence-electron chi connectivity index (χ3n) is 5.04. The normalized spacial score (nSPS) is 21.6. The smallest absolute Gasteiger partial charge is 0.169 e. The molecule has 3 nitrogen and oxygen atoms in total. The molecule has 1 saturated carbocycles. The van der Waals surface area contributed by atoms with Crippen molar-refractivity contribution in [2.24, 2.45) is 5.41 Å². The van der Waals surface area contributed by atoms with Gasteiger partial charge in [-0.25, -0.2) is 4.39 Å². The number of hydrogen-bond acceptors (Lipinski definition) is 3. The van der Waals surface area contributed by atoms with Gasteiger partial charge in [0.05, 0.1) is 17.1 Å². The second kappa shape index (κ2) is 4.99. The number of rotatable bonds is 1. The minimum atomic E-state index is -0.480. The van der Waals surface area contributed by atoms with Crippen LogP contribution in [0.15, 0.2) is 6.07 Å². The first kappa shape index (κ1) is 13.8. The summed E-state index contributed by atoms with van der Waals surface area (Å²) in [6.45, 7) is 1.70. The minimum Gasteiger partial charge on any atom is -0.397 e. The molecular formula is C15H21ClFN3. The van der Waals surface area contributed by atoms with Gasteiger partial charge in [0.1, 0.15) is 5.02 Å². The molecule has 20 heavy (non-hydrogen) atoms. The second-order valence-electron chi connectivity index (χ2n) is 6.23. The molecule has 0 atom stereocenters. The molecule has 0 unspecified atom stereocenters. The highest BCUT2D eigenvalue weighted by atomic mass is 35.5. The molecule has 1 aliphatic heterocycles. The van der Waals surface area contributed by atoms with E-state index in [1.54, 1.807) is 6.07 Å². The highest BCUT2D eigenvalue weighted by Crippen LogP contribution is 2.48. The Morgan fingerprint density at radius 2 is 1.65 bits per heavy atom. The van der Waals surface area contributed by atoms with Gasteiger partial charge in [0.15, 0.2) is 5.82 Å². The Balaban J connectivity index is 1.83. The summed E-state index contributed by atoms with van der Waals surface area (Å²) in [7, 11) is 0. The average Bonchev–Trinajstić information content (AvgIpc) is 2.87. The summed E-state index contributed by atoms with van der Waals surface area (Å²) in [6.07, 6.45) is 7.55. The first-order chi connectivity index (χ1) is 9.52. The van der Waals surface area contributed by atoms with Gasteiger partial charge in [-0.2, -0.15) is 0 Å². The Bertz CT molecular complexity index is 516. The van der Waals surface area contributed by atoms with Crippen molar-refractivity contribution < 1.29 is 4.39 Å². The quantitative estimate of drug-likeness (QED) is 0.775. The molecule has 1 saturated heterocycles. The van der Waals surface area contributed by atoms with Crippen molar-refractivity contribution in [1.29, 1.82) is 0 Å². The molecule has 4 N–H and O–H groups in total. The van der Waals surface area contributed by atoms with E-state index in [1.807, 2.05) is 4.90 Å². The number of piperidine rings is 1. The van der Waals surface area contributed by atoms with Gasteiger partial charge in [0.25, 0.3) is 0 Å². The molecule has 1 spiro atoms. The molecule has 0 aromatic heterocycles. The summed E-state index contributed by atoms with van der Waals surface area (Å²) >= 11 is 5.91.